The van der Waals surface area contributed by atoms with Crippen LogP contribution >= 0.6 is 0 Å². The number of carbonyl (C=O) groups excluding carboxylic acids is 1. The van der Waals surface area contributed by atoms with Gasteiger partial charge in [0.05, 0.1) is 23.1 Å². The van der Waals surface area contributed by atoms with Gasteiger partial charge in [0.1, 0.15) is 0 Å². The minimum Gasteiger partial charge on any atom is -0.369 e. The molecule has 0 aliphatic heterocycles. The van der Waals surface area contributed by atoms with Crippen molar-refractivity contribution in [2.75, 3.05) is 13.1 Å². The highest BCUT2D eigenvalue weighted by Crippen LogP contribution is 2.22. The highest BCUT2D eigenvalue weighted by Gasteiger charge is 2.28. The second-order valence-electron chi connectivity index (χ2n) is 5.25. The Hall–Kier alpha value is -1.91. The van der Waals surface area contributed by atoms with Crippen molar-refractivity contribution < 1.29 is 13.2 Å². The molecule has 1 aromatic carbocycles. The molecule has 1 amide bonds. The summed E-state index contributed by atoms with van der Waals surface area (Å²) in [4.78, 5) is 11.2. The van der Waals surface area contributed by atoms with Crippen molar-refractivity contribution in [3.63, 3.8) is 0 Å². The van der Waals surface area contributed by atoms with E-state index in [0.717, 1.165) is 4.31 Å². The van der Waals surface area contributed by atoms with Crippen LogP contribution in [0.5, 0.6) is 0 Å². The van der Waals surface area contributed by atoms with Gasteiger partial charge < -0.3 is 5.73 Å². The Morgan fingerprint density at radius 2 is 2.05 bits per heavy atom. The van der Waals surface area contributed by atoms with Crippen molar-refractivity contribution in [2.45, 2.75) is 25.7 Å². The molecule has 0 bridgehead atoms. The van der Waals surface area contributed by atoms with Crippen LogP contribution in [0.2, 0.25) is 0 Å². The van der Waals surface area contributed by atoms with Crippen LogP contribution < -0.4 is 5.73 Å². The smallest absolute Gasteiger partial charge is 0.243 e. The highest BCUT2D eigenvalue weighted by atomic mass is 32.2. The summed E-state index contributed by atoms with van der Waals surface area (Å²) < 4.78 is 26.5. The number of nitrogens with two attached hydrogens (primary N) is 1. The molecule has 0 saturated heterocycles. The van der Waals surface area contributed by atoms with Gasteiger partial charge in [0.25, 0.3) is 0 Å². The normalized spacial score (nSPS) is 11.6. The van der Waals surface area contributed by atoms with E-state index in [1.54, 1.807) is 19.1 Å². The number of amides is 1. The average Bonchev–Trinajstić information content (AvgIpc) is 2.37. The molecule has 1 rings (SSSR count). The fourth-order valence-corrected chi connectivity index (χ4v) is 3.74. The van der Waals surface area contributed by atoms with Crippen LogP contribution in [-0.2, 0) is 14.8 Å². The monoisotopic (exact) mass is 309 g/mol. The molecule has 21 heavy (non-hydrogen) atoms. The second kappa shape index (κ2) is 6.70. The molecular formula is C14H19N3O3S. The van der Waals surface area contributed by atoms with Crippen LogP contribution in [0.4, 0.5) is 0 Å². The van der Waals surface area contributed by atoms with Gasteiger partial charge in [-0.3, -0.25) is 4.79 Å². The van der Waals surface area contributed by atoms with Crippen LogP contribution in [0.25, 0.3) is 0 Å². The molecule has 0 heterocycles. The highest BCUT2D eigenvalue weighted by molar-refractivity contribution is 7.89. The lowest BCUT2D eigenvalue weighted by molar-refractivity contribution is -0.118. The summed E-state index contributed by atoms with van der Waals surface area (Å²) in [6.07, 6.45) is 0. The minimum absolute atomic E-state index is 0.0310. The predicted octanol–water partition coefficient (Wildman–Crippen LogP) is 0.999. The third-order valence-electron chi connectivity index (χ3n) is 2.84. The third kappa shape index (κ3) is 4.28. The predicted molar refractivity (Wildman–Crippen MR) is 78.7 cm³/mol. The summed E-state index contributed by atoms with van der Waals surface area (Å²) in [6.45, 7) is 5.15. The lowest BCUT2D eigenvalue weighted by atomic mass is 10.2. The minimum atomic E-state index is -3.87. The molecule has 0 aromatic heterocycles. The van der Waals surface area contributed by atoms with Crippen LogP contribution in [0.3, 0.4) is 0 Å². The molecule has 0 atom stereocenters. The summed E-state index contributed by atoms with van der Waals surface area (Å²) in [6, 6.07) is 6.35. The zero-order valence-electron chi connectivity index (χ0n) is 12.3. The fraction of sp³-hybridized carbons (Fsp3) is 0.429. The fourth-order valence-electron chi connectivity index (χ4n) is 1.92. The van der Waals surface area contributed by atoms with E-state index in [4.69, 9.17) is 11.0 Å². The quantitative estimate of drug-likeness (QED) is 0.846. The summed E-state index contributed by atoms with van der Waals surface area (Å²) in [5.41, 5.74) is 5.91. The summed E-state index contributed by atoms with van der Waals surface area (Å²) >= 11 is 0. The number of hydrogen-bond acceptors (Lipinski definition) is 4. The van der Waals surface area contributed by atoms with Crippen LogP contribution in [0.15, 0.2) is 23.1 Å². The lowest BCUT2D eigenvalue weighted by Crippen LogP contribution is -2.40. The lowest BCUT2D eigenvalue weighted by Gasteiger charge is -2.23. The second-order valence-corrected chi connectivity index (χ2v) is 7.16. The molecule has 0 spiro atoms. The van der Waals surface area contributed by atoms with Crippen molar-refractivity contribution in [2.24, 2.45) is 11.7 Å². The van der Waals surface area contributed by atoms with Gasteiger partial charge in [-0.1, -0.05) is 19.9 Å². The van der Waals surface area contributed by atoms with Crippen molar-refractivity contribution >= 4 is 15.9 Å². The van der Waals surface area contributed by atoms with E-state index in [1.165, 1.54) is 6.07 Å². The van der Waals surface area contributed by atoms with E-state index in [2.05, 4.69) is 0 Å². The Bertz CT molecular complexity index is 675. The number of rotatable bonds is 6. The van der Waals surface area contributed by atoms with Gasteiger partial charge >= 0.3 is 0 Å². The molecule has 1 aromatic rings. The molecule has 0 aliphatic carbocycles. The molecular weight excluding hydrogens is 290 g/mol. The molecule has 7 heteroatoms. The van der Waals surface area contributed by atoms with Crippen LogP contribution in [0.1, 0.15) is 25.0 Å². The van der Waals surface area contributed by atoms with E-state index in [9.17, 15) is 13.2 Å². The van der Waals surface area contributed by atoms with Crippen molar-refractivity contribution in [1.82, 2.24) is 4.31 Å². The first-order valence-electron chi connectivity index (χ1n) is 6.47. The number of benzene rings is 1. The van der Waals surface area contributed by atoms with E-state index in [-0.39, 0.29) is 29.5 Å². The first kappa shape index (κ1) is 17.1. The number of carbonyl (C=O) groups is 1. The van der Waals surface area contributed by atoms with Gasteiger partial charge in [-0.25, -0.2) is 8.42 Å². The topological polar surface area (TPSA) is 104 Å². The Kier molecular flexibility index (Phi) is 5.47. The zero-order valence-corrected chi connectivity index (χ0v) is 13.1. The largest absolute Gasteiger partial charge is 0.369 e. The standard InChI is InChI=1S/C14H19N3O3S/c1-10(2)8-17(9-14(16)18)21(19,20)13-6-12(7-15)5-4-11(13)3/h4-6,10H,8-9H2,1-3H3,(H2,16,18). The van der Waals surface area contributed by atoms with Gasteiger partial charge in [-0.2, -0.15) is 9.57 Å². The molecule has 0 radical (unpaired) electrons. The number of sulfonamides is 1. The van der Waals surface area contributed by atoms with E-state index in [0.29, 0.717) is 5.56 Å². The van der Waals surface area contributed by atoms with Gasteiger partial charge in [0.2, 0.25) is 15.9 Å². The average molecular weight is 309 g/mol. The molecule has 2 N–H and O–H groups in total. The van der Waals surface area contributed by atoms with E-state index >= 15 is 0 Å². The van der Waals surface area contributed by atoms with Gasteiger partial charge in [-0.15, -0.1) is 0 Å². The summed E-state index contributed by atoms with van der Waals surface area (Å²) in [5, 5.41) is 8.92. The Balaban J connectivity index is 3.34. The maximum absolute atomic E-state index is 12.7. The van der Waals surface area contributed by atoms with Crippen molar-refractivity contribution in [3.8, 4) is 6.07 Å². The van der Waals surface area contributed by atoms with E-state index < -0.39 is 15.9 Å². The van der Waals surface area contributed by atoms with Crippen LogP contribution in [0, 0.1) is 24.2 Å². The first-order chi connectivity index (χ1) is 9.68. The van der Waals surface area contributed by atoms with Gasteiger partial charge in [-0.05, 0) is 30.5 Å². The van der Waals surface area contributed by atoms with Crippen LogP contribution in [-0.4, -0.2) is 31.7 Å². The molecule has 0 fully saturated rings. The Morgan fingerprint density at radius 3 is 2.52 bits per heavy atom. The number of nitriles is 1. The Morgan fingerprint density at radius 1 is 1.43 bits per heavy atom. The number of aryl methyl sites for hydroxylation is 1. The third-order valence-corrected chi connectivity index (χ3v) is 4.79. The van der Waals surface area contributed by atoms with Crippen molar-refractivity contribution in [3.05, 3.63) is 29.3 Å². The molecule has 0 saturated carbocycles. The number of nitrogens with zero attached hydrogens (tertiary/aromatic N) is 2. The van der Waals surface area contributed by atoms with Crippen molar-refractivity contribution in [1.29, 1.82) is 5.26 Å². The van der Waals surface area contributed by atoms with Gasteiger partial charge in [0.15, 0.2) is 0 Å². The number of hydrogen-bond donors (Lipinski definition) is 1. The molecule has 114 valence electrons. The van der Waals surface area contributed by atoms with Gasteiger partial charge in [0, 0.05) is 6.54 Å². The molecule has 6 nitrogen and oxygen atoms in total. The summed E-state index contributed by atoms with van der Waals surface area (Å²) in [5.74, 6) is -0.674. The maximum Gasteiger partial charge on any atom is 0.243 e. The first-order valence-corrected chi connectivity index (χ1v) is 7.91. The SMILES string of the molecule is Cc1ccc(C#N)cc1S(=O)(=O)N(CC(N)=O)CC(C)C. The zero-order chi connectivity index (χ0) is 16.2. The Labute approximate surface area is 125 Å². The summed E-state index contributed by atoms with van der Waals surface area (Å²) in [7, 11) is -3.87. The molecule has 0 unspecified atom stereocenters. The maximum atomic E-state index is 12.7. The molecule has 0 aliphatic rings. The van der Waals surface area contributed by atoms with E-state index in [1.807, 2.05) is 19.9 Å². The number of primary amides is 1.